The topological polar surface area (TPSA) is 79.6 Å². The number of piperidine rings is 2. The fraction of sp³-hybridized carbons (Fsp3) is 0.619. The van der Waals surface area contributed by atoms with Gasteiger partial charge in [0, 0.05) is 25.7 Å². The molecule has 0 bridgehead atoms. The van der Waals surface area contributed by atoms with E-state index in [1.807, 2.05) is 4.90 Å². The molecule has 1 aromatic heterocycles. The highest BCUT2D eigenvalue weighted by Gasteiger charge is 2.41. The number of nitrogens with zero attached hydrogens (tertiary/aromatic N) is 4. The first-order chi connectivity index (χ1) is 16.3. The molecule has 1 aromatic carbocycles. The van der Waals surface area contributed by atoms with Crippen molar-refractivity contribution in [3.8, 4) is 0 Å². The van der Waals surface area contributed by atoms with Gasteiger partial charge in [0.25, 0.3) is 11.2 Å². The molecule has 14 heteroatoms. The minimum absolute atomic E-state index is 0.0894. The molecule has 0 atom stereocenters. The number of benzene rings is 1. The molecule has 0 amide bonds. The highest BCUT2D eigenvalue weighted by molar-refractivity contribution is 7.22. The molecule has 0 N–H and O–H groups in total. The lowest BCUT2D eigenvalue weighted by Crippen LogP contribution is -2.43. The number of halogens is 6. The predicted molar refractivity (Wildman–Crippen MR) is 118 cm³/mol. The largest absolute Gasteiger partial charge is 0.416 e. The van der Waals surface area contributed by atoms with Crippen LogP contribution in [0.15, 0.2) is 16.9 Å². The zero-order valence-electron chi connectivity index (χ0n) is 18.4. The van der Waals surface area contributed by atoms with Crippen LogP contribution in [0.5, 0.6) is 0 Å². The number of rotatable bonds is 4. The smallest absolute Gasteiger partial charge is 0.348 e. The first-order valence-corrected chi connectivity index (χ1v) is 11.9. The summed E-state index contributed by atoms with van der Waals surface area (Å²) >= 11 is 0.810. The van der Waals surface area contributed by atoms with Crippen LogP contribution in [0.25, 0.3) is 10.1 Å². The summed E-state index contributed by atoms with van der Waals surface area (Å²) < 4.78 is 77.8. The van der Waals surface area contributed by atoms with Gasteiger partial charge < -0.3 is 9.80 Å². The van der Waals surface area contributed by atoms with Gasteiger partial charge in [0.1, 0.15) is 4.70 Å². The van der Waals surface area contributed by atoms with Gasteiger partial charge in [-0.05, 0) is 50.8 Å². The number of anilines is 1. The van der Waals surface area contributed by atoms with Gasteiger partial charge in [-0.25, -0.2) is 0 Å². The molecule has 35 heavy (non-hydrogen) atoms. The number of hydrogen-bond acceptors (Lipinski definition) is 7. The number of alkyl halides is 6. The van der Waals surface area contributed by atoms with Gasteiger partial charge in [0.05, 0.1) is 21.8 Å². The zero-order valence-corrected chi connectivity index (χ0v) is 19.2. The third kappa shape index (κ3) is 5.68. The van der Waals surface area contributed by atoms with Gasteiger partial charge in [-0.1, -0.05) is 11.3 Å². The normalized spacial score (nSPS) is 19.4. The SMILES string of the molecule is O=c1nc(N2CCC(CN3CCC(C(F)(F)F)CC3)CC2)sc2c([N+](=O)[O-])cc(C(F)(F)F)cc12. The lowest BCUT2D eigenvalue weighted by atomic mass is 9.92. The Morgan fingerprint density at radius 3 is 2.20 bits per heavy atom. The summed E-state index contributed by atoms with van der Waals surface area (Å²) in [7, 11) is 0. The van der Waals surface area contributed by atoms with Crippen LogP contribution in [-0.4, -0.2) is 53.7 Å². The van der Waals surface area contributed by atoms with E-state index in [-0.39, 0.29) is 28.6 Å². The van der Waals surface area contributed by atoms with Gasteiger partial charge in [0.15, 0.2) is 5.13 Å². The van der Waals surface area contributed by atoms with E-state index in [1.165, 1.54) is 0 Å². The van der Waals surface area contributed by atoms with E-state index in [9.17, 15) is 41.3 Å². The molecule has 4 rings (SSSR count). The van der Waals surface area contributed by atoms with Crippen molar-refractivity contribution in [2.24, 2.45) is 11.8 Å². The molecule has 2 aliphatic rings. The second-order valence-corrected chi connectivity index (χ2v) is 9.95. The van der Waals surface area contributed by atoms with Crippen LogP contribution in [-0.2, 0) is 6.18 Å². The monoisotopic (exact) mass is 524 g/mol. The van der Waals surface area contributed by atoms with Gasteiger partial charge in [-0.15, -0.1) is 0 Å². The lowest BCUT2D eigenvalue weighted by molar-refractivity contribution is -0.383. The summed E-state index contributed by atoms with van der Waals surface area (Å²) in [6.07, 6.45) is -7.45. The zero-order chi connectivity index (χ0) is 25.5. The first-order valence-electron chi connectivity index (χ1n) is 11.1. The molecule has 0 aliphatic carbocycles. The van der Waals surface area contributed by atoms with E-state index in [0.29, 0.717) is 57.7 Å². The highest BCUT2D eigenvalue weighted by atomic mass is 32.1. The molecule has 3 heterocycles. The van der Waals surface area contributed by atoms with Crippen molar-refractivity contribution in [3.05, 3.63) is 38.2 Å². The second kappa shape index (κ2) is 9.52. The Labute approximate surface area is 199 Å². The van der Waals surface area contributed by atoms with Crippen molar-refractivity contribution in [2.75, 3.05) is 37.6 Å². The Balaban J connectivity index is 1.45. The minimum atomic E-state index is -4.85. The molecule has 2 saturated heterocycles. The summed E-state index contributed by atoms with van der Waals surface area (Å²) in [4.78, 5) is 30.7. The molecule has 0 saturated carbocycles. The Morgan fingerprint density at radius 2 is 1.66 bits per heavy atom. The molecule has 0 unspecified atom stereocenters. The first kappa shape index (κ1) is 25.6. The summed E-state index contributed by atoms with van der Waals surface area (Å²) in [5.74, 6) is -1.01. The lowest BCUT2D eigenvalue weighted by Gasteiger charge is -2.38. The maximum absolute atomic E-state index is 13.1. The van der Waals surface area contributed by atoms with E-state index in [4.69, 9.17) is 0 Å². The van der Waals surface area contributed by atoms with Gasteiger partial charge in [-0.2, -0.15) is 31.3 Å². The molecule has 7 nitrogen and oxygen atoms in total. The maximum atomic E-state index is 13.1. The maximum Gasteiger partial charge on any atom is 0.416 e. The number of non-ortho nitro benzene ring substituents is 1. The van der Waals surface area contributed by atoms with Gasteiger partial charge >= 0.3 is 12.4 Å². The van der Waals surface area contributed by atoms with Crippen molar-refractivity contribution < 1.29 is 31.3 Å². The van der Waals surface area contributed by atoms with E-state index < -0.39 is 45.4 Å². The fourth-order valence-corrected chi connectivity index (χ4v) is 5.81. The van der Waals surface area contributed by atoms with Crippen molar-refractivity contribution in [1.29, 1.82) is 0 Å². The number of nitro groups is 1. The van der Waals surface area contributed by atoms with Crippen LogP contribution in [0, 0.1) is 22.0 Å². The Bertz CT molecular complexity index is 1150. The van der Waals surface area contributed by atoms with Gasteiger partial charge in [0.2, 0.25) is 0 Å². The molecular weight excluding hydrogens is 502 g/mol. The molecule has 2 aliphatic heterocycles. The summed E-state index contributed by atoms with van der Waals surface area (Å²) in [6, 6.07) is 1.02. The van der Waals surface area contributed by atoms with Crippen LogP contribution in [0.1, 0.15) is 31.2 Å². The highest BCUT2D eigenvalue weighted by Crippen LogP contribution is 2.39. The van der Waals surface area contributed by atoms with E-state index in [2.05, 4.69) is 4.98 Å². The number of hydrogen-bond donors (Lipinski definition) is 0. The molecule has 0 radical (unpaired) electrons. The molecular formula is C21H22F6N4O3S. The Morgan fingerprint density at radius 1 is 1.03 bits per heavy atom. The summed E-state index contributed by atoms with van der Waals surface area (Å²) in [6.45, 7) is 2.41. The summed E-state index contributed by atoms with van der Waals surface area (Å²) in [5, 5.41) is 11.2. The Kier molecular flexibility index (Phi) is 6.97. The third-order valence-electron chi connectivity index (χ3n) is 6.67. The minimum Gasteiger partial charge on any atom is -0.348 e. The number of nitro benzene ring substituents is 1. The van der Waals surface area contributed by atoms with Crippen molar-refractivity contribution >= 4 is 32.2 Å². The Hall–Kier alpha value is -2.48. The van der Waals surface area contributed by atoms with Crippen LogP contribution in [0.3, 0.4) is 0 Å². The molecule has 0 spiro atoms. The third-order valence-corrected chi connectivity index (χ3v) is 7.83. The van der Waals surface area contributed by atoms with Crippen molar-refractivity contribution in [3.63, 3.8) is 0 Å². The van der Waals surface area contributed by atoms with Crippen LogP contribution in [0.4, 0.5) is 37.2 Å². The van der Waals surface area contributed by atoms with Crippen LogP contribution >= 0.6 is 11.3 Å². The predicted octanol–water partition coefficient (Wildman–Crippen LogP) is 5.07. The standard InChI is InChI=1S/C21H22F6N4O3S/c22-20(23,24)13-3-5-29(6-4-13)11-12-1-7-30(8-2-12)19-28-18(32)15-9-14(21(25,26)27)10-16(31(33)34)17(15)35-19/h9-10,12-13H,1-8,11H2. The van der Waals surface area contributed by atoms with E-state index in [1.54, 1.807) is 4.90 Å². The second-order valence-electron chi connectivity index (χ2n) is 8.98. The van der Waals surface area contributed by atoms with Crippen LogP contribution < -0.4 is 10.5 Å². The molecule has 192 valence electrons. The fourth-order valence-electron chi connectivity index (χ4n) is 4.69. The summed E-state index contributed by atoms with van der Waals surface area (Å²) in [5.41, 5.74) is -3.04. The molecule has 2 aromatic rings. The van der Waals surface area contributed by atoms with Gasteiger partial charge in [-0.3, -0.25) is 14.9 Å². The van der Waals surface area contributed by atoms with E-state index >= 15 is 0 Å². The van der Waals surface area contributed by atoms with E-state index in [0.717, 1.165) is 11.3 Å². The quantitative estimate of drug-likeness (QED) is 0.316. The van der Waals surface area contributed by atoms with Crippen molar-refractivity contribution in [1.82, 2.24) is 9.88 Å². The average Bonchev–Trinajstić information content (AvgIpc) is 2.78. The number of fused-ring (bicyclic) bond motifs is 1. The number of aromatic nitrogens is 1. The van der Waals surface area contributed by atoms with Crippen LogP contribution in [0.2, 0.25) is 0 Å². The average molecular weight is 524 g/mol. The molecule has 2 fully saturated rings. The van der Waals surface area contributed by atoms with Crippen molar-refractivity contribution in [2.45, 2.75) is 38.0 Å². The number of likely N-dealkylation sites (tertiary alicyclic amines) is 1.